The van der Waals surface area contributed by atoms with Crippen LogP contribution in [0.3, 0.4) is 0 Å². The lowest BCUT2D eigenvalue weighted by atomic mass is 10.1. The fourth-order valence-electron chi connectivity index (χ4n) is 1.73. The third-order valence-electron chi connectivity index (χ3n) is 2.48. The maximum Gasteiger partial charge on any atom is 0.256 e. The van der Waals surface area contributed by atoms with Crippen LogP contribution < -0.4 is 5.32 Å². The van der Waals surface area contributed by atoms with Crippen LogP contribution in [0.25, 0.3) is 11.6 Å². The highest BCUT2D eigenvalue weighted by Crippen LogP contribution is 2.33. The topological polar surface area (TPSA) is 42.0 Å². The fraction of sp³-hybridized carbons (Fsp3) is 0. The van der Waals surface area contributed by atoms with Gasteiger partial charge in [0.05, 0.1) is 21.8 Å². The largest absolute Gasteiger partial charge is 0.320 e. The average Bonchev–Trinajstić information content (AvgIpc) is 2.85. The van der Waals surface area contributed by atoms with Gasteiger partial charge in [-0.05, 0) is 24.3 Å². The lowest BCUT2D eigenvalue weighted by Gasteiger charge is -1.95. The van der Waals surface area contributed by atoms with Crippen molar-refractivity contribution in [3.63, 3.8) is 0 Å². The van der Waals surface area contributed by atoms with Crippen LogP contribution in [0.5, 0.6) is 0 Å². The van der Waals surface area contributed by atoms with Gasteiger partial charge < -0.3 is 5.32 Å². The molecule has 0 aromatic carbocycles. The molecule has 17 heavy (non-hydrogen) atoms. The van der Waals surface area contributed by atoms with Crippen LogP contribution in [0.1, 0.15) is 10.4 Å². The molecule has 84 valence electrons. The fourth-order valence-corrected chi connectivity index (χ4v) is 2.74. The standard InChI is InChI=1S/C12H7ClN2OS/c13-11-2-1-7(17-11)5-9-8-3-4-14-6-10(8)15-12(9)16/h1-6H,(H,15,16). The maximum absolute atomic E-state index is 11.8. The normalized spacial score (nSPS) is 16.1. The van der Waals surface area contributed by atoms with E-state index in [1.807, 2.05) is 24.3 Å². The number of hydrogen-bond donors (Lipinski definition) is 1. The molecule has 1 N–H and O–H groups in total. The van der Waals surface area contributed by atoms with Crippen LogP contribution in [-0.2, 0) is 4.79 Å². The van der Waals surface area contributed by atoms with Crippen LogP contribution >= 0.6 is 22.9 Å². The van der Waals surface area contributed by atoms with Gasteiger partial charge in [0, 0.05) is 16.6 Å². The van der Waals surface area contributed by atoms with Gasteiger partial charge >= 0.3 is 0 Å². The Morgan fingerprint density at radius 2 is 2.24 bits per heavy atom. The monoisotopic (exact) mass is 262 g/mol. The van der Waals surface area contributed by atoms with Crippen molar-refractivity contribution in [2.24, 2.45) is 0 Å². The first-order chi connectivity index (χ1) is 8.24. The molecule has 0 radical (unpaired) electrons. The van der Waals surface area contributed by atoms with Crippen LogP contribution in [0.2, 0.25) is 4.34 Å². The summed E-state index contributed by atoms with van der Waals surface area (Å²) >= 11 is 7.31. The van der Waals surface area contributed by atoms with Gasteiger partial charge in [0.2, 0.25) is 0 Å². The highest BCUT2D eigenvalue weighted by Gasteiger charge is 2.23. The minimum atomic E-state index is -0.0995. The van der Waals surface area contributed by atoms with Crippen molar-refractivity contribution in [1.82, 2.24) is 4.98 Å². The molecule has 1 aliphatic rings. The van der Waals surface area contributed by atoms with Crippen molar-refractivity contribution in [3.05, 3.63) is 45.4 Å². The first kappa shape index (κ1) is 10.5. The number of rotatable bonds is 1. The number of thiophene rings is 1. The lowest BCUT2D eigenvalue weighted by molar-refractivity contribution is -0.110. The second-order valence-corrected chi connectivity index (χ2v) is 5.32. The quantitative estimate of drug-likeness (QED) is 0.802. The Morgan fingerprint density at radius 3 is 3.00 bits per heavy atom. The number of aromatic nitrogens is 1. The molecule has 0 spiro atoms. The molecule has 0 unspecified atom stereocenters. The second kappa shape index (κ2) is 3.98. The summed E-state index contributed by atoms with van der Waals surface area (Å²) in [5.41, 5.74) is 2.29. The van der Waals surface area contributed by atoms with E-state index in [-0.39, 0.29) is 5.91 Å². The van der Waals surface area contributed by atoms with Gasteiger partial charge in [-0.25, -0.2) is 0 Å². The molecule has 0 aliphatic carbocycles. The van der Waals surface area contributed by atoms with E-state index in [0.717, 1.165) is 16.1 Å². The molecule has 3 heterocycles. The number of nitrogens with one attached hydrogen (secondary N) is 1. The van der Waals surface area contributed by atoms with Crippen LogP contribution in [0.4, 0.5) is 5.69 Å². The van der Waals surface area contributed by atoms with Gasteiger partial charge in [-0.1, -0.05) is 11.6 Å². The van der Waals surface area contributed by atoms with Crippen LogP contribution in [0.15, 0.2) is 30.6 Å². The van der Waals surface area contributed by atoms with E-state index in [4.69, 9.17) is 11.6 Å². The summed E-state index contributed by atoms with van der Waals surface area (Å²) in [7, 11) is 0. The molecular weight excluding hydrogens is 256 g/mol. The molecule has 0 atom stereocenters. The summed E-state index contributed by atoms with van der Waals surface area (Å²) in [5.74, 6) is -0.0995. The zero-order chi connectivity index (χ0) is 11.8. The number of carbonyl (C=O) groups is 1. The van der Waals surface area contributed by atoms with E-state index in [1.54, 1.807) is 12.4 Å². The van der Waals surface area contributed by atoms with Crippen molar-refractivity contribution in [2.75, 3.05) is 5.32 Å². The molecule has 2 aromatic rings. The summed E-state index contributed by atoms with van der Waals surface area (Å²) < 4.78 is 0.713. The number of amides is 1. The van der Waals surface area contributed by atoms with Crippen molar-refractivity contribution in [3.8, 4) is 0 Å². The smallest absolute Gasteiger partial charge is 0.256 e. The number of anilines is 1. The summed E-state index contributed by atoms with van der Waals surface area (Å²) in [4.78, 5) is 16.7. The molecule has 0 saturated heterocycles. The first-order valence-electron chi connectivity index (χ1n) is 4.97. The van der Waals surface area contributed by atoms with E-state index < -0.39 is 0 Å². The van der Waals surface area contributed by atoms with Gasteiger partial charge in [-0.2, -0.15) is 0 Å². The summed E-state index contributed by atoms with van der Waals surface area (Å²) in [6.07, 6.45) is 5.17. The molecule has 2 aromatic heterocycles. The number of halogens is 1. The molecule has 5 heteroatoms. The lowest BCUT2D eigenvalue weighted by Crippen LogP contribution is -2.03. The Labute approximate surface area is 107 Å². The zero-order valence-corrected chi connectivity index (χ0v) is 10.2. The highest BCUT2D eigenvalue weighted by molar-refractivity contribution is 7.17. The number of hydrogen-bond acceptors (Lipinski definition) is 3. The molecule has 1 amide bonds. The molecule has 0 saturated carbocycles. The van der Waals surface area contributed by atoms with E-state index in [2.05, 4.69) is 10.3 Å². The molecule has 3 nitrogen and oxygen atoms in total. The van der Waals surface area contributed by atoms with Gasteiger partial charge in [-0.15, -0.1) is 11.3 Å². The van der Waals surface area contributed by atoms with Gasteiger partial charge in [0.25, 0.3) is 5.91 Å². The van der Waals surface area contributed by atoms with Crippen molar-refractivity contribution < 1.29 is 4.79 Å². The maximum atomic E-state index is 11.8. The van der Waals surface area contributed by atoms with Crippen molar-refractivity contribution >= 4 is 46.2 Å². The van der Waals surface area contributed by atoms with Crippen molar-refractivity contribution in [2.45, 2.75) is 0 Å². The highest BCUT2D eigenvalue weighted by atomic mass is 35.5. The van der Waals surface area contributed by atoms with Crippen molar-refractivity contribution in [1.29, 1.82) is 0 Å². The number of pyridine rings is 1. The van der Waals surface area contributed by atoms with Crippen LogP contribution in [0, 0.1) is 0 Å². The van der Waals surface area contributed by atoms with Gasteiger partial charge in [0.15, 0.2) is 0 Å². The molecule has 0 bridgehead atoms. The van der Waals surface area contributed by atoms with Crippen LogP contribution in [-0.4, -0.2) is 10.9 Å². The molecule has 1 aliphatic heterocycles. The number of fused-ring (bicyclic) bond motifs is 1. The molecular formula is C12H7ClN2OS. The SMILES string of the molecule is O=C1Nc2cnccc2C1=Cc1ccc(Cl)s1. The summed E-state index contributed by atoms with van der Waals surface area (Å²) in [6.45, 7) is 0. The van der Waals surface area contributed by atoms with E-state index in [9.17, 15) is 4.79 Å². The average molecular weight is 263 g/mol. The number of nitrogens with zero attached hydrogens (tertiary/aromatic N) is 1. The van der Waals surface area contributed by atoms with Gasteiger partial charge in [0.1, 0.15) is 0 Å². The predicted octanol–water partition coefficient (Wildman–Crippen LogP) is 3.29. The predicted molar refractivity (Wildman–Crippen MR) is 70.1 cm³/mol. The summed E-state index contributed by atoms with van der Waals surface area (Å²) in [6, 6.07) is 5.54. The van der Waals surface area contributed by atoms with E-state index in [1.165, 1.54) is 11.3 Å². The Balaban J connectivity index is 2.09. The Bertz CT molecular complexity index is 633. The summed E-state index contributed by atoms with van der Waals surface area (Å²) in [5, 5.41) is 2.78. The molecule has 0 fully saturated rings. The first-order valence-corrected chi connectivity index (χ1v) is 6.16. The zero-order valence-electron chi connectivity index (χ0n) is 8.61. The minimum absolute atomic E-state index is 0.0995. The third kappa shape index (κ3) is 1.85. The molecule has 3 rings (SSSR count). The Morgan fingerprint density at radius 1 is 1.35 bits per heavy atom. The third-order valence-corrected chi connectivity index (χ3v) is 3.66. The van der Waals surface area contributed by atoms with E-state index >= 15 is 0 Å². The number of carbonyl (C=O) groups excluding carboxylic acids is 1. The Hall–Kier alpha value is -1.65. The minimum Gasteiger partial charge on any atom is -0.320 e. The van der Waals surface area contributed by atoms with E-state index in [0.29, 0.717) is 9.91 Å². The van der Waals surface area contributed by atoms with Gasteiger partial charge in [-0.3, -0.25) is 9.78 Å². The second-order valence-electron chi connectivity index (χ2n) is 3.58. The Kier molecular flexibility index (Phi) is 2.46.